The van der Waals surface area contributed by atoms with Gasteiger partial charge in [-0.1, -0.05) is 29.8 Å². The number of benzene rings is 2. The van der Waals surface area contributed by atoms with E-state index in [0.717, 1.165) is 50.2 Å². The zero-order valence-corrected chi connectivity index (χ0v) is 19.1. The molecule has 0 spiro atoms. The van der Waals surface area contributed by atoms with E-state index in [0.29, 0.717) is 22.0 Å². The molecule has 1 aliphatic heterocycles. The van der Waals surface area contributed by atoms with Gasteiger partial charge in [0.1, 0.15) is 11.5 Å². The Kier molecular flexibility index (Phi) is 6.86. The molecule has 7 nitrogen and oxygen atoms in total. The Morgan fingerprint density at radius 3 is 2.56 bits per heavy atom. The van der Waals surface area contributed by atoms with Crippen LogP contribution in [0.15, 0.2) is 36.4 Å². The Hall–Kier alpha value is -2.77. The van der Waals surface area contributed by atoms with Crippen molar-refractivity contribution in [3.63, 3.8) is 0 Å². The third kappa shape index (κ3) is 5.16. The Balaban J connectivity index is 1.39. The Morgan fingerprint density at radius 2 is 1.84 bits per heavy atom. The first-order valence-corrected chi connectivity index (χ1v) is 11.2. The maximum atomic E-state index is 13.0. The maximum Gasteiger partial charge on any atom is 0.255 e. The number of rotatable bonds is 8. The van der Waals surface area contributed by atoms with E-state index in [2.05, 4.69) is 21.6 Å². The summed E-state index contributed by atoms with van der Waals surface area (Å²) in [5.41, 5.74) is 1.94. The monoisotopic (exact) mass is 457 g/mol. The predicted molar refractivity (Wildman–Crippen MR) is 123 cm³/mol. The van der Waals surface area contributed by atoms with Gasteiger partial charge >= 0.3 is 0 Å². The van der Waals surface area contributed by atoms with E-state index in [1.165, 1.54) is 7.11 Å². The molecule has 1 aliphatic carbocycles. The number of anilines is 1. The lowest BCUT2D eigenvalue weighted by Gasteiger charge is -2.19. The van der Waals surface area contributed by atoms with Crippen LogP contribution in [-0.2, 0) is 11.3 Å². The van der Waals surface area contributed by atoms with Crippen molar-refractivity contribution in [2.75, 3.05) is 32.6 Å². The summed E-state index contributed by atoms with van der Waals surface area (Å²) in [6.45, 7) is 2.39. The highest BCUT2D eigenvalue weighted by molar-refractivity contribution is 6.34. The van der Waals surface area contributed by atoms with Crippen LogP contribution >= 0.6 is 11.6 Å². The van der Waals surface area contributed by atoms with Crippen molar-refractivity contribution in [2.45, 2.75) is 31.8 Å². The molecule has 2 fully saturated rings. The van der Waals surface area contributed by atoms with Crippen molar-refractivity contribution in [3.05, 3.63) is 52.5 Å². The number of hydrogen-bond acceptors (Lipinski definition) is 5. The molecule has 2 amide bonds. The molecular formula is C24H28ClN3O4. The molecule has 1 heterocycles. The second-order valence-corrected chi connectivity index (χ2v) is 8.71. The minimum Gasteiger partial charge on any atom is -0.496 e. The Morgan fingerprint density at radius 1 is 1.09 bits per heavy atom. The number of nitrogens with zero attached hydrogens (tertiary/aromatic N) is 1. The third-order valence-corrected chi connectivity index (χ3v) is 6.25. The molecule has 1 saturated carbocycles. The molecule has 2 aliphatic rings. The normalized spacial score (nSPS) is 18.3. The number of likely N-dealkylation sites (tertiary alicyclic amines) is 1. The van der Waals surface area contributed by atoms with Crippen LogP contribution in [0.3, 0.4) is 0 Å². The van der Waals surface area contributed by atoms with Gasteiger partial charge in [-0.05, 0) is 31.4 Å². The van der Waals surface area contributed by atoms with Crippen molar-refractivity contribution in [3.8, 4) is 11.5 Å². The third-order valence-electron chi connectivity index (χ3n) is 5.93. The fourth-order valence-corrected chi connectivity index (χ4v) is 4.22. The van der Waals surface area contributed by atoms with Crippen LogP contribution in [-0.4, -0.2) is 50.1 Å². The zero-order chi connectivity index (χ0) is 22.7. The lowest BCUT2D eigenvalue weighted by Crippen LogP contribution is -2.37. The Bertz CT molecular complexity index is 1010. The average Bonchev–Trinajstić information content (AvgIpc) is 3.56. The van der Waals surface area contributed by atoms with Gasteiger partial charge < -0.3 is 20.1 Å². The zero-order valence-electron chi connectivity index (χ0n) is 18.3. The number of amides is 2. The first-order valence-electron chi connectivity index (χ1n) is 10.8. The molecule has 2 aromatic carbocycles. The summed E-state index contributed by atoms with van der Waals surface area (Å²) in [6, 6.07) is 11.2. The van der Waals surface area contributed by atoms with Crippen LogP contribution in [0.25, 0.3) is 0 Å². The number of halogens is 1. The van der Waals surface area contributed by atoms with Gasteiger partial charge in [0.2, 0.25) is 5.91 Å². The van der Waals surface area contributed by atoms with E-state index in [-0.39, 0.29) is 23.8 Å². The van der Waals surface area contributed by atoms with E-state index in [9.17, 15) is 9.59 Å². The minimum atomic E-state index is -0.243. The smallest absolute Gasteiger partial charge is 0.255 e. The van der Waals surface area contributed by atoms with E-state index in [1.807, 2.05) is 18.2 Å². The molecule has 0 unspecified atom stereocenters. The second kappa shape index (κ2) is 9.79. The molecule has 4 rings (SSSR count). The standard InChI is InChI=1S/C24H28ClN3O4/c1-31-21-6-4-3-5-16(21)13-28-10-9-17(14-28)26-24(30)18-11-19(25)20(12-22(18)32-2)27-23(29)15-7-8-15/h3-6,11-12,15,17H,7-10,13-14H2,1-2H3,(H,26,30)(H,27,29)/t17-/m0/s1. The van der Waals surface area contributed by atoms with Gasteiger partial charge in [0.15, 0.2) is 0 Å². The number of methoxy groups -OCH3 is 2. The number of carbonyl (C=O) groups excluding carboxylic acids is 2. The van der Waals surface area contributed by atoms with Crippen molar-refractivity contribution in [2.24, 2.45) is 5.92 Å². The van der Waals surface area contributed by atoms with E-state index in [1.54, 1.807) is 19.2 Å². The van der Waals surface area contributed by atoms with Crippen molar-refractivity contribution < 1.29 is 19.1 Å². The van der Waals surface area contributed by atoms with Crippen LogP contribution in [0.4, 0.5) is 5.69 Å². The first-order chi connectivity index (χ1) is 15.5. The van der Waals surface area contributed by atoms with Crippen molar-refractivity contribution >= 4 is 29.1 Å². The number of hydrogen-bond donors (Lipinski definition) is 2. The molecule has 2 N–H and O–H groups in total. The molecule has 0 radical (unpaired) electrons. The van der Waals surface area contributed by atoms with E-state index >= 15 is 0 Å². The summed E-state index contributed by atoms with van der Waals surface area (Å²) in [6.07, 6.45) is 2.65. The van der Waals surface area contributed by atoms with Gasteiger partial charge in [-0.3, -0.25) is 14.5 Å². The first kappa shape index (κ1) is 22.4. The average molecular weight is 458 g/mol. The molecule has 0 bridgehead atoms. The highest BCUT2D eigenvalue weighted by atomic mass is 35.5. The SMILES string of the molecule is COc1ccccc1CN1CC[C@H](NC(=O)c2cc(Cl)c(NC(=O)C3CC3)cc2OC)C1. The molecule has 1 saturated heterocycles. The Labute approximate surface area is 193 Å². The maximum absolute atomic E-state index is 13.0. The summed E-state index contributed by atoms with van der Waals surface area (Å²) in [7, 11) is 3.17. The lowest BCUT2D eigenvalue weighted by atomic mass is 10.1. The molecular weight excluding hydrogens is 430 g/mol. The summed E-state index contributed by atoms with van der Waals surface area (Å²) in [5, 5.41) is 6.23. The topological polar surface area (TPSA) is 79.9 Å². The van der Waals surface area contributed by atoms with Crippen LogP contribution in [0.2, 0.25) is 5.02 Å². The van der Waals surface area contributed by atoms with Crippen molar-refractivity contribution in [1.29, 1.82) is 0 Å². The van der Waals surface area contributed by atoms with Crippen LogP contribution in [0, 0.1) is 5.92 Å². The molecule has 0 aromatic heterocycles. The second-order valence-electron chi connectivity index (χ2n) is 8.30. The highest BCUT2D eigenvalue weighted by Crippen LogP contribution is 2.34. The fourth-order valence-electron chi connectivity index (χ4n) is 4.01. The molecule has 2 aromatic rings. The largest absolute Gasteiger partial charge is 0.496 e. The van der Waals surface area contributed by atoms with Crippen molar-refractivity contribution in [1.82, 2.24) is 10.2 Å². The van der Waals surface area contributed by atoms with Gasteiger partial charge in [-0.2, -0.15) is 0 Å². The van der Waals surface area contributed by atoms with Crippen LogP contribution < -0.4 is 20.1 Å². The highest BCUT2D eigenvalue weighted by Gasteiger charge is 2.31. The van der Waals surface area contributed by atoms with Gasteiger partial charge in [-0.25, -0.2) is 0 Å². The molecule has 170 valence electrons. The number of carbonyl (C=O) groups is 2. The fraction of sp³-hybridized carbons (Fsp3) is 0.417. The van der Waals surface area contributed by atoms with E-state index in [4.69, 9.17) is 21.1 Å². The van der Waals surface area contributed by atoms with Crippen LogP contribution in [0.5, 0.6) is 11.5 Å². The number of para-hydroxylation sites is 1. The van der Waals surface area contributed by atoms with E-state index < -0.39 is 0 Å². The predicted octanol–water partition coefficient (Wildman–Crippen LogP) is 3.71. The number of nitrogens with one attached hydrogen (secondary N) is 2. The summed E-state index contributed by atoms with van der Waals surface area (Å²) in [5.74, 6) is 1.01. The summed E-state index contributed by atoms with van der Waals surface area (Å²) >= 11 is 6.36. The van der Waals surface area contributed by atoms with Crippen LogP contribution in [0.1, 0.15) is 35.2 Å². The molecule has 1 atom stereocenters. The molecule has 32 heavy (non-hydrogen) atoms. The number of ether oxygens (including phenoxy) is 2. The molecule has 8 heteroatoms. The van der Waals surface area contributed by atoms with Gasteiger partial charge in [-0.15, -0.1) is 0 Å². The van der Waals surface area contributed by atoms with Gasteiger partial charge in [0.25, 0.3) is 5.91 Å². The summed E-state index contributed by atoms with van der Waals surface area (Å²) in [4.78, 5) is 27.3. The minimum absolute atomic E-state index is 0.0231. The van der Waals surface area contributed by atoms with Gasteiger partial charge in [0, 0.05) is 43.2 Å². The van der Waals surface area contributed by atoms with Gasteiger partial charge in [0.05, 0.1) is 30.5 Å². The summed E-state index contributed by atoms with van der Waals surface area (Å²) < 4.78 is 10.9. The lowest BCUT2D eigenvalue weighted by molar-refractivity contribution is -0.117. The quantitative estimate of drug-likeness (QED) is 0.631.